The molecule has 26 heavy (non-hydrogen) atoms. The molecule has 0 aromatic carbocycles. The van der Waals surface area contributed by atoms with E-state index in [1.54, 1.807) is 22.7 Å². The van der Waals surface area contributed by atoms with Gasteiger partial charge in [-0.05, 0) is 42.3 Å². The molecule has 0 saturated carbocycles. The standard InChI is InChI=1S/C19H17N3OS3/c1-2-9-22-10-3-6-13(22)18(23)21-19-20-16(14-7-4-11-24-14)17(26-19)15-8-5-12-25-15/h1,4-5,7-8,11-13H,3,6,9-10H2,(H,20,21,23)/t13-/m0/s1. The monoisotopic (exact) mass is 399 g/mol. The van der Waals surface area contributed by atoms with Crippen molar-refractivity contribution in [2.45, 2.75) is 18.9 Å². The molecule has 0 bridgehead atoms. The normalized spacial score (nSPS) is 17.3. The molecule has 1 N–H and O–H groups in total. The zero-order valence-electron chi connectivity index (χ0n) is 14.0. The van der Waals surface area contributed by atoms with Crippen LogP contribution in [0.3, 0.4) is 0 Å². The van der Waals surface area contributed by atoms with E-state index in [9.17, 15) is 4.79 Å². The highest BCUT2D eigenvalue weighted by Crippen LogP contribution is 2.42. The fourth-order valence-corrected chi connectivity index (χ4v) is 5.77. The quantitative estimate of drug-likeness (QED) is 0.636. The van der Waals surface area contributed by atoms with Crippen molar-refractivity contribution >= 4 is 45.0 Å². The van der Waals surface area contributed by atoms with Gasteiger partial charge in [0.25, 0.3) is 0 Å². The molecule has 0 radical (unpaired) electrons. The van der Waals surface area contributed by atoms with Gasteiger partial charge < -0.3 is 5.32 Å². The third-order valence-electron chi connectivity index (χ3n) is 4.32. The predicted molar refractivity (Wildman–Crippen MR) is 111 cm³/mol. The Balaban J connectivity index is 1.61. The fourth-order valence-electron chi connectivity index (χ4n) is 3.15. The number of hydrogen-bond donors (Lipinski definition) is 1. The first-order valence-electron chi connectivity index (χ1n) is 8.33. The molecule has 1 atom stereocenters. The van der Waals surface area contributed by atoms with Gasteiger partial charge in [-0.3, -0.25) is 9.69 Å². The minimum atomic E-state index is -0.162. The third kappa shape index (κ3) is 3.46. The van der Waals surface area contributed by atoms with E-state index in [2.05, 4.69) is 33.6 Å². The highest BCUT2D eigenvalue weighted by Gasteiger charge is 2.30. The van der Waals surface area contributed by atoms with Crippen LogP contribution in [-0.2, 0) is 4.79 Å². The minimum Gasteiger partial charge on any atom is -0.301 e. The van der Waals surface area contributed by atoms with Crippen LogP contribution in [0, 0.1) is 12.3 Å². The molecule has 0 aliphatic carbocycles. The number of thiophene rings is 2. The van der Waals surface area contributed by atoms with Gasteiger partial charge >= 0.3 is 0 Å². The summed E-state index contributed by atoms with van der Waals surface area (Å²) in [7, 11) is 0. The lowest BCUT2D eigenvalue weighted by molar-refractivity contribution is -0.120. The number of nitrogens with zero attached hydrogens (tertiary/aromatic N) is 2. The molecule has 0 spiro atoms. The first kappa shape index (κ1) is 17.4. The molecule has 1 aliphatic rings. The molecule has 0 unspecified atom stereocenters. The first-order valence-corrected chi connectivity index (χ1v) is 10.9. The third-order valence-corrected chi connectivity index (χ3v) is 7.21. The van der Waals surface area contributed by atoms with Gasteiger partial charge in [0, 0.05) is 4.88 Å². The topological polar surface area (TPSA) is 45.2 Å². The number of terminal acetylenes is 1. The molecule has 3 aromatic heterocycles. The molecule has 4 rings (SSSR count). The van der Waals surface area contributed by atoms with Gasteiger partial charge in [-0.25, -0.2) is 4.98 Å². The van der Waals surface area contributed by atoms with E-state index in [4.69, 9.17) is 11.4 Å². The van der Waals surface area contributed by atoms with Gasteiger partial charge in [0.1, 0.15) is 5.69 Å². The van der Waals surface area contributed by atoms with Crippen molar-refractivity contribution in [3.63, 3.8) is 0 Å². The van der Waals surface area contributed by atoms with Gasteiger partial charge in [-0.2, -0.15) is 0 Å². The lowest BCUT2D eigenvalue weighted by Crippen LogP contribution is -2.39. The van der Waals surface area contributed by atoms with Crippen molar-refractivity contribution < 1.29 is 4.79 Å². The summed E-state index contributed by atoms with van der Waals surface area (Å²) in [6.45, 7) is 1.39. The van der Waals surface area contributed by atoms with Gasteiger partial charge in [-0.15, -0.1) is 29.1 Å². The van der Waals surface area contributed by atoms with Gasteiger partial charge in [0.05, 0.1) is 22.3 Å². The summed E-state index contributed by atoms with van der Waals surface area (Å²) in [4.78, 5) is 22.9. The van der Waals surface area contributed by atoms with Crippen molar-refractivity contribution in [3.05, 3.63) is 35.0 Å². The summed E-state index contributed by atoms with van der Waals surface area (Å²) >= 11 is 4.87. The van der Waals surface area contributed by atoms with Crippen molar-refractivity contribution in [2.24, 2.45) is 0 Å². The van der Waals surface area contributed by atoms with Crippen LogP contribution in [0.5, 0.6) is 0 Å². The Labute approximate surface area is 164 Å². The number of likely N-dealkylation sites (tertiary alicyclic amines) is 1. The highest BCUT2D eigenvalue weighted by atomic mass is 32.1. The Morgan fingerprint density at radius 1 is 1.31 bits per heavy atom. The van der Waals surface area contributed by atoms with E-state index in [0.29, 0.717) is 11.7 Å². The number of hydrogen-bond acceptors (Lipinski definition) is 6. The molecule has 1 amide bonds. The maximum absolute atomic E-state index is 12.7. The summed E-state index contributed by atoms with van der Waals surface area (Å²) in [6.07, 6.45) is 7.26. The zero-order valence-corrected chi connectivity index (χ0v) is 16.4. The molecule has 4 nitrogen and oxygen atoms in total. The van der Waals surface area contributed by atoms with Crippen molar-refractivity contribution in [1.82, 2.24) is 9.88 Å². The van der Waals surface area contributed by atoms with E-state index in [0.717, 1.165) is 34.8 Å². The van der Waals surface area contributed by atoms with Gasteiger partial charge in [-0.1, -0.05) is 29.4 Å². The molecule has 132 valence electrons. The predicted octanol–water partition coefficient (Wildman–Crippen LogP) is 4.64. The average molecular weight is 400 g/mol. The lowest BCUT2D eigenvalue weighted by atomic mass is 10.2. The number of carbonyl (C=O) groups is 1. The van der Waals surface area contributed by atoms with Crippen LogP contribution < -0.4 is 5.32 Å². The number of carbonyl (C=O) groups excluding carboxylic acids is 1. The highest BCUT2D eigenvalue weighted by molar-refractivity contribution is 7.24. The Bertz CT molecular complexity index is 870. The van der Waals surface area contributed by atoms with Crippen LogP contribution in [0.25, 0.3) is 20.3 Å². The fraction of sp³-hybridized carbons (Fsp3) is 0.263. The van der Waals surface area contributed by atoms with Crippen LogP contribution in [0.4, 0.5) is 5.13 Å². The Morgan fingerprint density at radius 2 is 2.08 bits per heavy atom. The van der Waals surface area contributed by atoms with Crippen LogP contribution in [-0.4, -0.2) is 34.9 Å². The Kier molecular flexibility index (Phi) is 5.18. The Morgan fingerprint density at radius 3 is 2.77 bits per heavy atom. The van der Waals surface area contributed by atoms with E-state index in [1.807, 2.05) is 17.5 Å². The summed E-state index contributed by atoms with van der Waals surface area (Å²) in [5.74, 6) is 2.63. The second-order valence-corrected chi connectivity index (χ2v) is 8.87. The largest absolute Gasteiger partial charge is 0.301 e. The second kappa shape index (κ2) is 7.72. The number of rotatable bonds is 5. The lowest BCUT2D eigenvalue weighted by Gasteiger charge is -2.20. The summed E-state index contributed by atoms with van der Waals surface area (Å²) in [5, 5.41) is 7.77. The van der Waals surface area contributed by atoms with E-state index < -0.39 is 0 Å². The maximum atomic E-state index is 12.7. The zero-order chi connectivity index (χ0) is 17.9. The molecule has 4 heterocycles. The van der Waals surface area contributed by atoms with Gasteiger partial charge in [0.2, 0.25) is 5.91 Å². The molecule has 1 fully saturated rings. The van der Waals surface area contributed by atoms with Crippen LogP contribution in [0.1, 0.15) is 12.8 Å². The second-order valence-electron chi connectivity index (χ2n) is 5.97. The molecule has 1 saturated heterocycles. The van der Waals surface area contributed by atoms with Crippen LogP contribution in [0.2, 0.25) is 0 Å². The molecule has 3 aromatic rings. The smallest absolute Gasteiger partial charge is 0.243 e. The van der Waals surface area contributed by atoms with E-state index >= 15 is 0 Å². The summed E-state index contributed by atoms with van der Waals surface area (Å²) in [5.41, 5.74) is 0.939. The molecular weight excluding hydrogens is 382 g/mol. The summed E-state index contributed by atoms with van der Waals surface area (Å²) in [6, 6.07) is 8.05. The van der Waals surface area contributed by atoms with E-state index in [-0.39, 0.29) is 11.9 Å². The van der Waals surface area contributed by atoms with Crippen LogP contribution >= 0.6 is 34.0 Å². The Hall–Kier alpha value is -1.98. The number of thiazole rings is 1. The average Bonchev–Trinajstić information content (AvgIpc) is 3.40. The number of nitrogens with one attached hydrogen (secondary N) is 1. The number of amides is 1. The first-order chi connectivity index (χ1) is 12.8. The minimum absolute atomic E-state index is 0.0121. The maximum Gasteiger partial charge on any atom is 0.243 e. The van der Waals surface area contributed by atoms with Gasteiger partial charge in [0.15, 0.2) is 5.13 Å². The molecule has 1 aliphatic heterocycles. The molecule has 7 heteroatoms. The van der Waals surface area contributed by atoms with Crippen LogP contribution in [0.15, 0.2) is 35.0 Å². The SMILES string of the molecule is C#CCN1CCC[C@H]1C(=O)Nc1nc(-c2cccs2)c(-c2cccs2)s1. The summed E-state index contributed by atoms with van der Waals surface area (Å²) < 4.78 is 0. The number of aromatic nitrogens is 1. The van der Waals surface area contributed by atoms with Crippen molar-refractivity contribution in [1.29, 1.82) is 0 Å². The van der Waals surface area contributed by atoms with Crippen molar-refractivity contribution in [2.75, 3.05) is 18.4 Å². The van der Waals surface area contributed by atoms with E-state index in [1.165, 1.54) is 16.2 Å². The number of anilines is 1. The van der Waals surface area contributed by atoms with Crippen molar-refractivity contribution in [3.8, 4) is 32.7 Å². The molecular formula is C19H17N3OS3.